The zero-order valence-electron chi connectivity index (χ0n) is 14.4. The van der Waals surface area contributed by atoms with Gasteiger partial charge in [-0.2, -0.15) is 5.10 Å². The zero-order chi connectivity index (χ0) is 19.0. The number of rotatable bonds is 4. The van der Waals surface area contributed by atoms with Gasteiger partial charge in [-0.1, -0.05) is 0 Å². The fourth-order valence-electron chi connectivity index (χ4n) is 2.88. The highest BCUT2D eigenvalue weighted by atomic mass is 16.2. The third kappa shape index (κ3) is 3.08. The van der Waals surface area contributed by atoms with E-state index in [9.17, 15) is 14.4 Å². The van der Waals surface area contributed by atoms with E-state index in [0.29, 0.717) is 17.9 Å². The molecule has 0 saturated heterocycles. The molecule has 4 rings (SSSR count). The number of nitrogens with zero attached hydrogens (tertiary/aromatic N) is 4. The molecule has 1 aromatic carbocycles. The molecule has 3 amide bonds. The van der Waals surface area contributed by atoms with Crippen molar-refractivity contribution < 1.29 is 14.4 Å². The van der Waals surface area contributed by atoms with Gasteiger partial charge in [0.05, 0.1) is 17.7 Å². The lowest BCUT2D eigenvalue weighted by Gasteiger charge is -2.04. The molecule has 27 heavy (non-hydrogen) atoms. The number of hydrogen-bond acceptors (Lipinski definition) is 5. The van der Waals surface area contributed by atoms with E-state index >= 15 is 0 Å². The maximum absolute atomic E-state index is 12.5. The Morgan fingerprint density at radius 3 is 2.56 bits per heavy atom. The summed E-state index contributed by atoms with van der Waals surface area (Å²) >= 11 is 0. The molecule has 8 heteroatoms. The fourth-order valence-corrected chi connectivity index (χ4v) is 2.88. The van der Waals surface area contributed by atoms with Crippen molar-refractivity contribution in [2.75, 3.05) is 12.4 Å². The predicted molar refractivity (Wildman–Crippen MR) is 96.4 cm³/mol. The molecule has 0 bridgehead atoms. The van der Waals surface area contributed by atoms with E-state index in [2.05, 4.69) is 15.4 Å². The molecule has 0 spiro atoms. The van der Waals surface area contributed by atoms with Crippen LogP contribution in [0, 0.1) is 0 Å². The topological polar surface area (TPSA) is 97.2 Å². The second kappa shape index (κ2) is 6.49. The second-order valence-corrected chi connectivity index (χ2v) is 6.14. The number of benzene rings is 1. The molecule has 1 aliphatic heterocycles. The molecule has 0 radical (unpaired) electrons. The highest BCUT2D eigenvalue weighted by Gasteiger charge is 2.33. The van der Waals surface area contributed by atoms with Gasteiger partial charge >= 0.3 is 0 Å². The van der Waals surface area contributed by atoms with Gasteiger partial charge in [0.1, 0.15) is 0 Å². The lowest BCUT2D eigenvalue weighted by atomic mass is 10.1. The van der Waals surface area contributed by atoms with Crippen molar-refractivity contribution in [3.8, 4) is 0 Å². The van der Waals surface area contributed by atoms with Crippen molar-refractivity contribution in [2.24, 2.45) is 0 Å². The lowest BCUT2D eigenvalue weighted by molar-refractivity contribution is 0.0693. The van der Waals surface area contributed by atoms with Crippen LogP contribution in [0.2, 0.25) is 0 Å². The molecular weight excluding hydrogens is 346 g/mol. The van der Waals surface area contributed by atoms with Crippen LogP contribution in [-0.4, -0.2) is 44.4 Å². The average molecular weight is 361 g/mol. The number of fused-ring (bicyclic) bond motifs is 1. The van der Waals surface area contributed by atoms with Gasteiger partial charge in [0.15, 0.2) is 5.82 Å². The van der Waals surface area contributed by atoms with Crippen molar-refractivity contribution in [3.63, 3.8) is 0 Å². The summed E-state index contributed by atoms with van der Waals surface area (Å²) in [4.78, 5) is 41.5. The van der Waals surface area contributed by atoms with Gasteiger partial charge in [-0.15, -0.1) is 0 Å². The minimum atomic E-state index is -0.411. The molecular formula is C19H15N5O3. The summed E-state index contributed by atoms with van der Waals surface area (Å²) in [7, 11) is 1.42. The number of hydrogen-bond donors (Lipinski definition) is 1. The number of anilines is 1. The van der Waals surface area contributed by atoms with Crippen LogP contribution in [-0.2, 0) is 6.54 Å². The van der Waals surface area contributed by atoms with Crippen molar-refractivity contribution in [3.05, 3.63) is 77.2 Å². The Kier molecular flexibility index (Phi) is 4.00. The van der Waals surface area contributed by atoms with Crippen LogP contribution in [0.25, 0.3) is 0 Å². The van der Waals surface area contributed by atoms with Crippen LogP contribution < -0.4 is 5.32 Å². The summed E-state index contributed by atoms with van der Waals surface area (Å²) in [5.74, 6) is -0.779. The Morgan fingerprint density at radius 2 is 1.78 bits per heavy atom. The van der Waals surface area contributed by atoms with E-state index in [4.69, 9.17) is 0 Å². The number of imide groups is 1. The minimum Gasteiger partial charge on any atom is -0.305 e. The molecule has 1 N–H and O–H groups in total. The Hall–Kier alpha value is -3.81. The lowest BCUT2D eigenvalue weighted by Crippen LogP contribution is -2.24. The van der Waals surface area contributed by atoms with Crippen LogP contribution in [0.3, 0.4) is 0 Å². The molecule has 134 valence electrons. The van der Waals surface area contributed by atoms with Crippen molar-refractivity contribution in [2.45, 2.75) is 6.54 Å². The van der Waals surface area contributed by atoms with Gasteiger partial charge in [-0.3, -0.25) is 28.9 Å². The van der Waals surface area contributed by atoms with E-state index in [1.165, 1.54) is 25.2 Å². The standard InChI is InChI=1S/C19H15N5O3/c1-23-18(26)14-3-2-13(10-15(14)19(23)27)17(25)21-16-6-9-24(22-16)11-12-4-7-20-8-5-12/h2-10H,11H2,1H3,(H,21,22,25). The number of carbonyl (C=O) groups excluding carboxylic acids is 3. The van der Waals surface area contributed by atoms with E-state index < -0.39 is 11.8 Å². The summed E-state index contributed by atoms with van der Waals surface area (Å²) < 4.78 is 1.70. The van der Waals surface area contributed by atoms with E-state index in [1.807, 2.05) is 12.1 Å². The van der Waals surface area contributed by atoms with Gasteiger partial charge in [0, 0.05) is 37.3 Å². The van der Waals surface area contributed by atoms with Crippen LogP contribution >= 0.6 is 0 Å². The second-order valence-electron chi connectivity index (χ2n) is 6.14. The quantitative estimate of drug-likeness (QED) is 0.715. The first-order chi connectivity index (χ1) is 13.0. The third-order valence-corrected chi connectivity index (χ3v) is 4.33. The minimum absolute atomic E-state index is 0.235. The first-order valence-electron chi connectivity index (χ1n) is 8.23. The predicted octanol–water partition coefficient (Wildman–Crippen LogP) is 1.80. The van der Waals surface area contributed by atoms with E-state index in [-0.39, 0.29) is 17.0 Å². The smallest absolute Gasteiger partial charge is 0.261 e. The summed E-state index contributed by atoms with van der Waals surface area (Å²) in [6, 6.07) is 9.92. The maximum Gasteiger partial charge on any atom is 0.261 e. The van der Waals surface area contributed by atoms with Crippen LogP contribution in [0.1, 0.15) is 36.6 Å². The molecule has 0 atom stereocenters. The van der Waals surface area contributed by atoms with Crippen molar-refractivity contribution >= 4 is 23.5 Å². The molecule has 3 aromatic rings. The maximum atomic E-state index is 12.5. The SMILES string of the molecule is CN1C(=O)c2ccc(C(=O)Nc3ccn(Cc4ccncc4)n3)cc2C1=O. The monoisotopic (exact) mass is 361 g/mol. The van der Waals surface area contributed by atoms with Crippen molar-refractivity contribution in [1.29, 1.82) is 0 Å². The number of aromatic nitrogens is 3. The first kappa shape index (κ1) is 16.6. The molecule has 1 aliphatic rings. The fraction of sp³-hybridized carbons (Fsp3) is 0.105. The first-order valence-corrected chi connectivity index (χ1v) is 8.23. The zero-order valence-corrected chi connectivity index (χ0v) is 14.4. The third-order valence-electron chi connectivity index (χ3n) is 4.33. The van der Waals surface area contributed by atoms with E-state index in [0.717, 1.165) is 10.5 Å². The Morgan fingerprint density at radius 1 is 1.04 bits per heavy atom. The van der Waals surface area contributed by atoms with Gasteiger partial charge in [-0.25, -0.2) is 0 Å². The number of pyridine rings is 1. The highest BCUT2D eigenvalue weighted by Crippen LogP contribution is 2.23. The Bertz CT molecular complexity index is 1060. The average Bonchev–Trinajstić information content (AvgIpc) is 3.20. The number of amides is 3. The van der Waals surface area contributed by atoms with Gasteiger partial charge in [-0.05, 0) is 35.9 Å². The largest absolute Gasteiger partial charge is 0.305 e. The molecule has 0 fully saturated rings. The summed E-state index contributed by atoms with van der Waals surface area (Å²) in [6.45, 7) is 0.556. The van der Waals surface area contributed by atoms with Gasteiger partial charge < -0.3 is 5.32 Å². The van der Waals surface area contributed by atoms with Gasteiger partial charge in [0.25, 0.3) is 17.7 Å². The highest BCUT2D eigenvalue weighted by molar-refractivity contribution is 6.22. The Labute approximate surface area is 154 Å². The van der Waals surface area contributed by atoms with E-state index in [1.54, 1.807) is 29.3 Å². The normalized spacial score (nSPS) is 13.0. The van der Waals surface area contributed by atoms with Gasteiger partial charge in [0.2, 0.25) is 0 Å². The summed E-state index contributed by atoms with van der Waals surface area (Å²) in [5, 5.41) is 7.02. The van der Waals surface area contributed by atoms with Crippen LogP contribution in [0.15, 0.2) is 55.0 Å². The number of nitrogens with one attached hydrogen (secondary N) is 1. The molecule has 8 nitrogen and oxygen atoms in total. The summed E-state index contributed by atoms with van der Waals surface area (Å²) in [6.07, 6.45) is 5.17. The molecule has 0 saturated carbocycles. The Balaban J connectivity index is 1.49. The molecule has 3 heterocycles. The molecule has 2 aromatic heterocycles. The molecule has 0 unspecified atom stereocenters. The van der Waals surface area contributed by atoms with Crippen LogP contribution in [0.4, 0.5) is 5.82 Å². The molecule has 0 aliphatic carbocycles. The number of carbonyl (C=O) groups is 3. The van der Waals surface area contributed by atoms with Crippen molar-refractivity contribution in [1.82, 2.24) is 19.7 Å². The summed E-state index contributed by atoms with van der Waals surface area (Å²) in [5.41, 5.74) is 1.87. The van der Waals surface area contributed by atoms with Crippen LogP contribution in [0.5, 0.6) is 0 Å².